The number of carbonyl (C=O) groups is 1. The molecule has 3 rings (SSSR count). The Labute approximate surface area is 155 Å². The van der Waals surface area contributed by atoms with E-state index in [-0.39, 0.29) is 12.5 Å². The lowest BCUT2D eigenvalue weighted by Crippen LogP contribution is -2.38. The second-order valence-electron chi connectivity index (χ2n) is 6.62. The van der Waals surface area contributed by atoms with Gasteiger partial charge in [0.1, 0.15) is 12.4 Å². The Balaban J connectivity index is 1.74. The van der Waals surface area contributed by atoms with Crippen LogP contribution in [0.1, 0.15) is 19.0 Å². The molecule has 0 aliphatic carbocycles. The summed E-state index contributed by atoms with van der Waals surface area (Å²) in [5.74, 6) is 1.80. The number of methoxy groups -OCH3 is 1. The number of anilines is 2. The molecule has 0 radical (unpaired) electrons. The van der Waals surface area contributed by atoms with Crippen LogP contribution < -0.4 is 9.80 Å². The zero-order valence-electron chi connectivity index (χ0n) is 15.8. The minimum absolute atomic E-state index is 0.0558. The van der Waals surface area contributed by atoms with Crippen LogP contribution in [0.2, 0.25) is 0 Å². The first-order valence-electron chi connectivity index (χ1n) is 9.43. The lowest BCUT2D eigenvalue weighted by Gasteiger charge is -2.29. The first-order chi connectivity index (χ1) is 12.7. The number of morpholine rings is 1. The Bertz CT molecular complexity index is 606. The van der Waals surface area contributed by atoms with E-state index in [4.69, 9.17) is 19.4 Å². The zero-order valence-corrected chi connectivity index (χ0v) is 15.8. The van der Waals surface area contributed by atoms with Crippen LogP contribution in [-0.2, 0) is 20.7 Å². The van der Waals surface area contributed by atoms with Gasteiger partial charge in [0, 0.05) is 58.1 Å². The summed E-state index contributed by atoms with van der Waals surface area (Å²) in [6, 6.07) is 2.08. The molecular formula is C18H29N5O3. The van der Waals surface area contributed by atoms with Gasteiger partial charge in [0.15, 0.2) is 0 Å². The predicted octanol–water partition coefficient (Wildman–Crippen LogP) is 0.561. The van der Waals surface area contributed by atoms with Crippen molar-refractivity contribution in [3.05, 3.63) is 11.8 Å². The molecule has 0 bridgehead atoms. The van der Waals surface area contributed by atoms with Crippen molar-refractivity contribution < 1.29 is 14.3 Å². The van der Waals surface area contributed by atoms with Gasteiger partial charge in [-0.15, -0.1) is 0 Å². The maximum atomic E-state index is 12.1. The molecule has 0 N–H and O–H groups in total. The van der Waals surface area contributed by atoms with E-state index in [0.717, 1.165) is 76.2 Å². The molecule has 2 fully saturated rings. The number of hydrogen-bond donors (Lipinski definition) is 0. The quantitative estimate of drug-likeness (QED) is 0.757. The summed E-state index contributed by atoms with van der Waals surface area (Å²) in [6.07, 6.45) is 1.80. The summed E-state index contributed by atoms with van der Waals surface area (Å²) in [5.41, 5.74) is 1.05. The van der Waals surface area contributed by atoms with Crippen LogP contribution in [0.3, 0.4) is 0 Å². The summed E-state index contributed by atoms with van der Waals surface area (Å²) in [6.45, 7) is 8.47. The summed E-state index contributed by atoms with van der Waals surface area (Å²) in [7, 11) is 1.56. The van der Waals surface area contributed by atoms with Crippen molar-refractivity contribution in [1.29, 1.82) is 0 Å². The number of carbonyl (C=O) groups excluding carboxylic acids is 1. The van der Waals surface area contributed by atoms with E-state index in [2.05, 4.69) is 22.8 Å². The molecule has 8 heteroatoms. The van der Waals surface area contributed by atoms with Crippen LogP contribution >= 0.6 is 0 Å². The minimum Gasteiger partial charge on any atom is -0.378 e. The van der Waals surface area contributed by atoms with Gasteiger partial charge in [-0.2, -0.15) is 4.98 Å². The molecule has 26 heavy (non-hydrogen) atoms. The molecular weight excluding hydrogens is 334 g/mol. The smallest absolute Gasteiger partial charge is 0.248 e. The summed E-state index contributed by atoms with van der Waals surface area (Å²) in [5, 5.41) is 0. The second-order valence-corrected chi connectivity index (χ2v) is 6.62. The summed E-state index contributed by atoms with van der Waals surface area (Å²) in [4.78, 5) is 28.0. The summed E-state index contributed by atoms with van der Waals surface area (Å²) >= 11 is 0. The number of rotatable bonds is 5. The monoisotopic (exact) mass is 363 g/mol. The predicted molar refractivity (Wildman–Crippen MR) is 99.7 cm³/mol. The number of hydrogen-bond acceptors (Lipinski definition) is 7. The van der Waals surface area contributed by atoms with E-state index in [9.17, 15) is 4.79 Å². The van der Waals surface area contributed by atoms with Crippen LogP contribution in [0.5, 0.6) is 0 Å². The summed E-state index contributed by atoms with van der Waals surface area (Å²) < 4.78 is 10.4. The van der Waals surface area contributed by atoms with Crippen LogP contribution in [0.15, 0.2) is 6.07 Å². The largest absolute Gasteiger partial charge is 0.378 e. The minimum atomic E-state index is 0.0558. The van der Waals surface area contributed by atoms with Gasteiger partial charge in [-0.3, -0.25) is 4.79 Å². The maximum absolute atomic E-state index is 12.1. The molecule has 8 nitrogen and oxygen atoms in total. The molecule has 1 amide bonds. The standard InChI is InChI=1S/C18H29N5O3/c1-3-15-13-16(20-18(19-15)23-9-11-26-12-10-23)21-5-4-6-22(8-7-21)17(24)14-25-2/h13H,3-12,14H2,1-2H3. The topological polar surface area (TPSA) is 71.0 Å². The number of nitrogens with zero attached hydrogens (tertiary/aromatic N) is 5. The van der Waals surface area contributed by atoms with Gasteiger partial charge in [0.05, 0.1) is 13.2 Å². The van der Waals surface area contributed by atoms with Gasteiger partial charge in [-0.1, -0.05) is 6.92 Å². The molecule has 0 aromatic carbocycles. The van der Waals surface area contributed by atoms with Crippen molar-refractivity contribution in [2.24, 2.45) is 0 Å². The van der Waals surface area contributed by atoms with E-state index >= 15 is 0 Å². The Morgan fingerprint density at radius 2 is 1.92 bits per heavy atom. The first kappa shape index (κ1) is 18.8. The molecule has 0 atom stereocenters. The molecule has 1 aromatic heterocycles. The highest BCUT2D eigenvalue weighted by Gasteiger charge is 2.22. The van der Waals surface area contributed by atoms with Crippen molar-refractivity contribution in [2.45, 2.75) is 19.8 Å². The van der Waals surface area contributed by atoms with Crippen molar-refractivity contribution in [2.75, 3.05) is 76.0 Å². The normalized spacial score (nSPS) is 18.8. The Kier molecular flexibility index (Phi) is 6.62. The van der Waals surface area contributed by atoms with Gasteiger partial charge in [0.25, 0.3) is 0 Å². The van der Waals surface area contributed by atoms with Gasteiger partial charge in [-0.05, 0) is 12.8 Å². The fourth-order valence-corrected chi connectivity index (χ4v) is 3.33. The molecule has 1 aromatic rings. The van der Waals surface area contributed by atoms with Crippen molar-refractivity contribution in [1.82, 2.24) is 14.9 Å². The fourth-order valence-electron chi connectivity index (χ4n) is 3.33. The SMILES string of the molecule is CCc1cc(N2CCCN(C(=O)COC)CC2)nc(N2CCOCC2)n1. The highest BCUT2D eigenvalue weighted by molar-refractivity contribution is 5.77. The Morgan fingerprint density at radius 1 is 1.12 bits per heavy atom. The van der Waals surface area contributed by atoms with E-state index in [1.54, 1.807) is 7.11 Å². The molecule has 0 saturated carbocycles. The van der Waals surface area contributed by atoms with Crippen LogP contribution in [-0.4, -0.2) is 87.0 Å². The third-order valence-electron chi connectivity index (χ3n) is 4.85. The molecule has 144 valence electrons. The first-order valence-corrected chi connectivity index (χ1v) is 9.43. The fraction of sp³-hybridized carbons (Fsp3) is 0.722. The van der Waals surface area contributed by atoms with E-state index in [1.165, 1.54) is 0 Å². The Hall–Kier alpha value is -1.93. The van der Waals surface area contributed by atoms with Gasteiger partial charge in [-0.25, -0.2) is 4.98 Å². The third-order valence-corrected chi connectivity index (χ3v) is 4.85. The second kappa shape index (κ2) is 9.14. The molecule has 2 saturated heterocycles. The molecule has 3 heterocycles. The van der Waals surface area contributed by atoms with Crippen LogP contribution in [0.4, 0.5) is 11.8 Å². The third kappa shape index (κ3) is 4.62. The molecule has 2 aliphatic heterocycles. The number of amides is 1. The lowest BCUT2D eigenvalue weighted by molar-refractivity contribution is -0.134. The maximum Gasteiger partial charge on any atom is 0.248 e. The molecule has 0 spiro atoms. The molecule has 2 aliphatic rings. The van der Waals surface area contributed by atoms with E-state index < -0.39 is 0 Å². The Morgan fingerprint density at radius 3 is 2.65 bits per heavy atom. The van der Waals surface area contributed by atoms with Crippen LogP contribution in [0.25, 0.3) is 0 Å². The van der Waals surface area contributed by atoms with Gasteiger partial charge >= 0.3 is 0 Å². The average molecular weight is 363 g/mol. The average Bonchev–Trinajstić information content (AvgIpc) is 2.95. The molecule has 0 unspecified atom stereocenters. The highest BCUT2D eigenvalue weighted by Crippen LogP contribution is 2.20. The van der Waals surface area contributed by atoms with E-state index in [1.807, 2.05) is 4.90 Å². The number of ether oxygens (including phenoxy) is 2. The van der Waals surface area contributed by atoms with Crippen LogP contribution in [0, 0.1) is 0 Å². The van der Waals surface area contributed by atoms with Crippen molar-refractivity contribution >= 4 is 17.7 Å². The highest BCUT2D eigenvalue weighted by atomic mass is 16.5. The lowest BCUT2D eigenvalue weighted by atomic mass is 10.3. The van der Waals surface area contributed by atoms with E-state index in [0.29, 0.717) is 6.54 Å². The van der Waals surface area contributed by atoms with Crippen molar-refractivity contribution in [3.63, 3.8) is 0 Å². The van der Waals surface area contributed by atoms with Crippen molar-refractivity contribution in [3.8, 4) is 0 Å². The number of aromatic nitrogens is 2. The number of aryl methyl sites for hydroxylation is 1. The van der Waals surface area contributed by atoms with Gasteiger partial charge in [0.2, 0.25) is 11.9 Å². The van der Waals surface area contributed by atoms with Gasteiger partial charge < -0.3 is 24.2 Å². The zero-order chi connectivity index (χ0) is 18.4.